The van der Waals surface area contributed by atoms with Gasteiger partial charge in [0.15, 0.2) is 5.82 Å². The third-order valence-electron chi connectivity index (χ3n) is 7.88. The number of ether oxygens (including phenoxy) is 1. The van der Waals surface area contributed by atoms with Crippen LogP contribution in [0.5, 0.6) is 0 Å². The zero-order valence-electron chi connectivity index (χ0n) is 25.6. The maximum Gasteiger partial charge on any atom is 0.293 e. The van der Waals surface area contributed by atoms with Crippen LogP contribution >= 0.6 is 0 Å². The summed E-state index contributed by atoms with van der Waals surface area (Å²) in [6.07, 6.45) is 5.28. The van der Waals surface area contributed by atoms with Gasteiger partial charge in [-0.15, -0.1) is 0 Å². The Kier molecular flexibility index (Phi) is 9.86. The average molecular weight is 594 g/mol. The Morgan fingerprint density at radius 3 is 2.43 bits per heavy atom. The van der Waals surface area contributed by atoms with Gasteiger partial charge >= 0.3 is 0 Å². The third kappa shape index (κ3) is 6.89. The fraction of sp³-hybridized carbons (Fsp3) is 0.314. The molecule has 1 saturated heterocycles. The van der Waals surface area contributed by atoms with Crippen LogP contribution in [0, 0.1) is 0 Å². The van der Waals surface area contributed by atoms with E-state index in [-0.39, 0.29) is 23.2 Å². The molecule has 0 radical (unpaired) electrons. The maximum atomic E-state index is 13.4. The minimum atomic E-state index is -0.284. The van der Waals surface area contributed by atoms with Crippen molar-refractivity contribution in [3.05, 3.63) is 106 Å². The predicted octanol–water partition coefficient (Wildman–Crippen LogP) is 5.82. The van der Waals surface area contributed by atoms with Crippen LogP contribution in [0.25, 0.3) is 11.3 Å². The summed E-state index contributed by atoms with van der Waals surface area (Å²) in [5, 5.41) is 6.27. The Balaban J connectivity index is 1.40. The quantitative estimate of drug-likeness (QED) is 0.240. The summed E-state index contributed by atoms with van der Waals surface area (Å²) in [4.78, 5) is 45.8. The van der Waals surface area contributed by atoms with Gasteiger partial charge in [0.25, 0.3) is 17.4 Å². The van der Waals surface area contributed by atoms with E-state index < -0.39 is 0 Å². The first-order valence-corrected chi connectivity index (χ1v) is 15.2. The summed E-state index contributed by atoms with van der Waals surface area (Å²) in [6, 6.07) is 20.5. The van der Waals surface area contributed by atoms with Crippen LogP contribution in [0.15, 0.2) is 77.7 Å². The molecule has 5 rings (SSSR count). The van der Waals surface area contributed by atoms with Crippen LogP contribution in [0.2, 0.25) is 0 Å². The zero-order chi connectivity index (χ0) is 31.1. The zero-order valence-corrected chi connectivity index (χ0v) is 25.6. The van der Waals surface area contributed by atoms with Crippen molar-refractivity contribution >= 4 is 29.0 Å². The number of nitrogens with zero attached hydrogens (tertiary/aromatic N) is 3. The maximum absolute atomic E-state index is 13.4. The summed E-state index contributed by atoms with van der Waals surface area (Å²) in [6.45, 7) is 6.40. The van der Waals surface area contributed by atoms with E-state index in [0.717, 1.165) is 36.0 Å². The number of carbonyl (C=O) groups excluding carboxylic acids is 2. The Bertz CT molecular complexity index is 1690. The number of unbranched alkanes of at least 4 members (excludes halogenated alkanes) is 1. The lowest BCUT2D eigenvalue weighted by molar-refractivity contribution is 0.0303. The SMILES string of the molecule is CCCCc1ccccc1C(=O)Nc1cccc(-c2cn(C)c(=O)c(Nc3ccc(C(=O)N4CCOCC4)cc3)n2)c1CC. The number of morpholine rings is 1. The highest BCUT2D eigenvalue weighted by molar-refractivity contribution is 6.06. The summed E-state index contributed by atoms with van der Waals surface area (Å²) in [5.74, 6) is -0.0205. The highest BCUT2D eigenvalue weighted by atomic mass is 16.5. The largest absolute Gasteiger partial charge is 0.378 e. The molecule has 228 valence electrons. The second kappa shape index (κ2) is 14.1. The number of aryl methyl sites for hydroxylation is 2. The van der Waals surface area contributed by atoms with Crippen LogP contribution in [-0.4, -0.2) is 52.6 Å². The van der Waals surface area contributed by atoms with Crippen LogP contribution in [0.4, 0.5) is 17.2 Å². The van der Waals surface area contributed by atoms with E-state index >= 15 is 0 Å². The number of amides is 2. The van der Waals surface area contributed by atoms with E-state index in [0.29, 0.717) is 60.9 Å². The summed E-state index contributed by atoms with van der Waals surface area (Å²) < 4.78 is 6.84. The van der Waals surface area contributed by atoms with E-state index in [1.54, 1.807) is 42.4 Å². The molecule has 0 aliphatic carbocycles. The van der Waals surface area contributed by atoms with Crippen molar-refractivity contribution in [2.75, 3.05) is 36.9 Å². The Hall–Kier alpha value is -4.76. The van der Waals surface area contributed by atoms with Gasteiger partial charge in [0.1, 0.15) is 0 Å². The van der Waals surface area contributed by atoms with Crippen molar-refractivity contribution < 1.29 is 14.3 Å². The topological polar surface area (TPSA) is 106 Å². The number of hydrogen-bond donors (Lipinski definition) is 2. The minimum Gasteiger partial charge on any atom is -0.378 e. The third-order valence-corrected chi connectivity index (χ3v) is 7.88. The van der Waals surface area contributed by atoms with Crippen molar-refractivity contribution in [3.63, 3.8) is 0 Å². The first kappa shape index (κ1) is 30.7. The number of rotatable bonds is 10. The first-order valence-electron chi connectivity index (χ1n) is 15.2. The molecule has 3 aromatic carbocycles. The fourth-order valence-corrected chi connectivity index (χ4v) is 5.44. The molecular formula is C35H39N5O4. The van der Waals surface area contributed by atoms with Crippen LogP contribution in [-0.2, 0) is 24.6 Å². The molecule has 4 aromatic rings. The van der Waals surface area contributed by atoms with Gasteiger partial charge in [0.2, 0.25) is 0 Å². The second-order valence-electron chi connectivity index (χ2n) is 10.9. The molecule has 0 unspecified atom stereocenters. The summed E-state index contributed by atoms with van der Waals surface area (Å²) in [7, 11) is 1.69. The molecule has 1 aromatic heterocycles. The Morgan fingerprint density at radius 2 is 1.70 bits per heavy atom. The van der Waals surface area contributed by atoms with Crippen LogP contribution in [0.1, 0.15) is 58.5 Å². The van der Waals surface area contributed by atoms with E-state index in [2.05, 4.69) is 17.6 Å². The molecule has 1 fully saturated rings. The molecule has 44 heavy (non-hydrogen) atoms. The predicted molar refractivity (Wildman–Crippen MR) is 174 cm³/mol. The normalized spacial score (nSPS) is 13.0. The lowest BCUT2D eigenvalue weighted by Crippen LogP contribution is -2.40. The van der Waals surface area contributed by atoms with Crippen LogP contribution in [0.3, 0.4) is 0 Å². The lowest BCUT2D eigenvalue weighted by Gasteiger charge is -2.26. The molecule has 0 atom stereocenters. The molecule has 0 spiro atoms. The van der Waals surface area contributed by atoms with Gasteiger partial charge in [-0.2, -0.15) is 0 Å². The summed E-state index contributed by atoms with van der Waals surface area (Å²) >= 11 is 0. The van der Waals surface area contributed by atoms with Gasteiger partial charge in [-0.3, -0.25) is 14.4 Å². The number of benzene rings is 3. The van der Waals surface area contributed by atoms with Crippen molar-refractivity contribution in [3.8, 4) is 11.3 Å². The van der Waals surface area contributed by atoms with Gasteiger partial charge < -0.3 is 24.8 Å². The smallest absolute Gasteiger partial charge is 0.293 e. The Labute approximate surface area is 257 Å². The molecule has 2 amide bonds. The van der Waals surface area contributed by atoms with E-state index in [4.69, 9.17) is 9.72 Å². The van der Waals surface area contributed by atoms with E-state index in [9.17, 15) is 14.4 Å². The standard InChI is InChI=1S/C35H39N5O4/c1-4-6-10-24-11-7-8-12-28(24)33(41)38-30-14-9-13-29(27(30)5-2)31-23-39(3)35(43)32(37-31)36-26-17-15-25(16-18-26)34(42)40-19-21-44-22-20-40/h7-9,11-18,23H,4-6,10,19-22H2,1-3H3,(H,36,37)(H,38,41). The monoisotopic (exact) mass is 593 g/mol. The number of carbonyl (C=O) groups is 2. The van der Waals surface area contributed by atoms with Crippen molar-refractivity contribution in [1.29, 1.82) is 0 Å². The van der Waals surface area contributed by atoms with Crippen LogP contribution < -0.4 is 16.2 Å². The van der Waals surface area contributed by atoms with E-state index in [1.165, 1.54) is 4.57 Å². The highest BCUT2D eigenvalue weighted by Crippen LogP contribution is 2.30. The number of hydrogen-bond acceptors (Lipinski definition) is 6. The molecule has 1 aliphatic heterocycles. The molecule has 0 saturated carbocycles. The molecule has 1 aliphatic rings. The second-order valence-corrected chi connectivity index (χ2v) is 10.9. The summed E-state index contributed by atoms with van der Waals surface area (Å²) in [5.41, 5.74) is 5.72. The van der Waals surface area contributed by atoms with Gasteiger partial charge in [0, 0.05) is 54.4 Å². The molecular weight excluding hydrogens is 554 g/mol. The van der Waals surface area contributed by atoms with Gasteiger partial charge in [-0.05, 0) is 66.8 Å². The molecule has 9 heteroatoms. The molecule has 2 N–H and O–H groups in total. The molecule has 0 bridgehead atoms. The highest BCUT2D eigenvalue weighted by Gasteiger charge is 2.19. The van der Waals surface area contributed by atoms with E-state index in [1.807, 2.05) is 49.4 Å². The lowest BCUT2D eigenvalue weighted by atomic mass is 9.99. The number of aromatic nitrogens is 2. The average Bonchev–Trinajstić information content (AvgIpc) is 3.06. The Morgan fingerprint density at radius 1 is 0.955 bits per heavy atom. The van der Waals surface area contributed by atoms with Gasteiger partial charge in [0.05, 0.1) is 18.9 Å². The molecule has 2 heterocycles. The minimum absolute atomic E-state index is 0.0422. The fourth-order valence-electron chi connectivity index (χ4n) is 5.44. The number of nitrogens with one attached hydrogen (secondary N) is 2. The molecule has 9 nitrogen and oxygen atoms in total. The van der Waals surface area contributed by atoms with Gasteiger partial charge in [-0.1, -0.05) is 50.6 Å². The van der Waals surface area contributed by atoms with Crippen molar-refractivity contribution in [2.45, 2.75) is 39.5 Å². The van der Waals surface area contributed by atoms with Crippen molar-refractivity contribution in [1.82, 2.24) is 14.5 Å². The first-order chi connectivity index (χ1) is 21.4. The number of anilines is 3. The van der Waals surface area contributed by atoms with Crippen molar-refractivity contribution in [2.24, 2.45) is 7.05 Å². The van der Waals surface area contributed by atoms with Gasteiger partial charge in [-0.25, -0.2) is 4.98 Å².